The van der Waals surface area contributed by atoms with Gasteiger partial charge in [0.1, 0.15) is 11.3 Å². The van der Waals surface area contributed by atoms with Gasteiger partial charge in [-0.15, -0.1) is 0 Å². The number of benzene rings is 2. The van der Waals surface area contributed by atoms with Crippen molar-refractivity contribution >= 4 is 39.3 Å². The summed E-state index contributed by atoms with van der Waals surface area (Å²) in [5.74, 6) is 0.711. The lowest BCUT2D eigenvalue weighted by Gasteiger charge is -2.13. The minimum Gasteiger partial charge on any atom is -0.455 e. The van der Waals surface area contributed by atoms with Crippen LogP contribution in [0, 0.1) is 0 Å². The van der Waals surface area contributed by atoms with E-state index in [0.717, 1.165) is 6.26 Å². The summed E-state index contributed by atoms with van der Waals surface area (Å²) < 4.78 is 36.8. The lowest BCUT2D eigenvalue weighted by molar-refractivity contribution is 0.485. The van der Waals surface area contributed by atoms with Crippen molar-refractivity contribution in [1.29, 1.82) is 0 Å². The van der Waals surface area contributed by atoms with Gasteiger partial charge in [0.05, 0.1) is 17.3 Å². The first-order chi connectivity index (χ1) is 11.9. The van der Waals surface area contributed by atoms with Crippen molar-refractivity contribution in [1.82, 2.24) is 0 Å². The molecule has 3 rings (SSSR count). The molecule has 0 fully saturated rings. The van der Waals surface area contributed by atoms with Gasteiger partial charge in [-0.2, -0.15) is 0 Å². The lowest BCUT2D eigenvalue weighted by Crippen LogP contribution is -2.11. The zero-order chi connectivity index (χ0) is 18.0. The third-order valence-electron chi connectivity index (χ3n) is 3.24. The van der Waals surface area contributed by atoms with Gasteiger partial charge in [-0.25, -0.2) is 13.4 Å². The number of nitrogens with zero attached hydrogens (tertiary/aromatic N) is 1. The molecule has 7 nitrogen and oxygen atoms in total. The third kappa shape index (κ3) is 3.86. The number of rotatable bonds is 5. The molecule has 0 spiro atoms. The molecule has 1 aromatic heterocycles. The van der Waals surface area contributed by atoms with E-state index in [9.17, 15) is 13.2 Å². The third-order valence-corrected chi connectivity index (χ3v) is 3.83. The van der Waals surface area contributed by atoms with E-state index >= 15 is 0 Å². The fourth-order valence-electron chi connectivity index (χ4n) is 2.23. The fraction of sp³-hybridized carbons (Fsp3) is 0.0588. The Labute approximate surface area is 143 Å². The number of nitrogens with one attached hydrogen (secondary N) is 1. The van der Waals surface area contributed by atoms with Gasteiger partial charge in [0, 0.05) is 12.1 Å². The van der Waals surface area contributed by atoms with Crippen LogP contribution >= 0.6 is 0 Å². The summed E-state index contributed by atoms with van der Waals surface area (Å²) in [5.41, 5.74) is -0.0304. The van der Waals surface area contributed by atoms with Crippen molar-refractivity contribution in [2.45, 2.75) is 0 Å². The highest BCUT2D eigenvalue weighted by molar-refractivity contribution is 7.92. The maximum Gasteiger partial charge on any atom is 0.229 e. The molecule has 0 saturated heterocycles. The molecule has 0 aliphatic heterocycles. The summed E-state index contributed by atoms with van der Waals surface area (Å²) in [5, 5.41) is 0.234. The van der Waals surface area contributed by atoms with Crippen LogP contribution in [-0.2, 0) is 10.0 Å². The summed E-state index contributed by atoms with van der Waals surface area (Å²) in [4.78, 5) is 15.8. The van der Waals surface area contributed by atoms with Crippen molar-refractivity contribution < 1.29 is 17.6 Å². The molecule has 0 unspecified atom stereocenters. The summed E-state index contributed by atoms with van der Waals surface area (Å²) in [6.45, 7) is 3.32. The number of para-hydroxylation sites is 1. The number of anilines is 1. The number of fused-ring (bicyclic) bond motifs is 1. The van der Waals surface area contributed by atoms with E-state index in [2.05, 4.69) is 16.4 Å². The molecule has 0 bridgehead atoms. The van der Waals surface area contributed by atoms with Gasteiger partial charge in [-0.05, 0) is 24.9 Å². The Bertz CT molecular complexity index is 1110. The number of aliphatic imine (C=N–C) groups is 1. The molecule has 2 aromatic carbocycles. The van der Waals surface area contributed by atoms with Crippen LogP contribution in [0.1, 0.15) is 0 Å². The topological polar surface area (TPSA) is 98.0 Å². The van der Waals surface area contributed by atoms with Gasteiger partial charge in [-0.3, -0.25) is 9.52 Å². The summed E-state index contributed by atoms with van der Waals surface area (Å²) in [6, 6.07) is 12.8. The van der Waals surface area contributed by atoms with Crippen molar-refractivity contribution in [2.24, 2.45) is 4.99 Å². The average molecular weight is 358 g/mol. The smallest absolute Gasteiger partial charge is 0.229 e. The van der Waals surface area contributed by atoms with E-state index in [4.69, 9.17) is 9.15 Å². The monoisotopic (exact) mass is 358 g/mol. The molecule has 25 heavy (non-hydrogen) atoms. The molecule has 8 heteroatoms. The van der Waals surface area contributed by atoms with E-state index in [0.29, 0.717) is 5.75 Å². The molecular weight excluding hydrogens is 344 g/mol. The SMILES string of the molecule is C=Nc1cc(=O)c2cc(Oc3ccccc3)c(NS(C)(=O)=O)cc2o1. The molecule has 0 radical (unpaired) electrons. The first-order valence-corrected chi connectivity index (χ1v) is 9.04. The van der Waals surface area contributed by atoms with Crippen LogP contribution in [0.3, 0.4) is 0 Å². The van der Waals surface area contributed by atoms with Crippen LogP contribution in [0.25, 0.3) is 11.0 Å². The molecule has 3 aromatic rings. The Hall–Kier alpha value is -3.13. The predicted molar refractivity (Wildman–Crippen MR) is 96.7 cm³/mol. The summed E-state index contributed by atoms with van der Waals surface area (Å²) >= 11 is 0. The minimum atomic E-state index is -3.57. The van der Waals surface area contributed by atoms with Crippen molar-refractivity contribution in [2.75, 3.05) is 11.0 Å². The average Bonchev–Trinajstić information content (AvgIpc) is 2.55. The Kier molecular flexibility index (Phi) is 4.28. The molecule has 1 N–H and O–H groups in total. The Morgan fingerprint density at radius 1 is 1.16 bits per heavy atom. The molecule has 0 aliphatic rings. The largest absolute Gasteiger partial charge is 0.455 e. The van der Waals surface area contributed by atoms with Gasteiger partial charge in [0.15, 0.2) is 11.2 Å². The molecule has 0 amide bonds. The van der Waals surface area contributed by atoms with Crippen LogP contribution in [0.2, 0.25) is 0 Å². The second-order valence-corrected chi connectivity index (χ2v) is 6.99. The normalized spacial score (nSPS) is 11.2. The van der Waals surface area contributed by atoms with Gasteiger partial charge in [0.2, 0.25) is 15.9 Å². The number of hydrogen-bond acceptors (Lipinski definition) is 6. The van der Waals surface area contributed by atoms with E-state index in [-0.39, 0.29) is 33.7 Å². The number of sulfonamides is 1. The number of ether oxygens (including phenoxy) is 1. The van der Waals surface area contributed by atoms with E-state index in [1.807, 2.05) is 6.07 Å². The highest BCUT2D eigenvalue weighted by Crippen LogP contribution is 2.34. The Morgan fingerprint density at radius 3 is 2.52 bits per heavy atom. The van der Waals surface area contributed by atoms with Gasteiger partial charge < -0.3 is 9.15 Å². The molecule has 0 saturated carbocycles. The Morgan fingerprint density at radius 2 is 1.88 bits per heavy atom. The number of hydrogen-bond donors (Lipinski definition) is 1. The second-order valence-electron chi connectivity index (χ2n) is 5.24. The van der Waals surface area contributed by atoms with Crippen LogP contribution in [0.15, 0.2) is 62.7 Å². The van der Waals surface area contributed by atoms with Crippen molar-refractivity contribution in [3.8, 4) is 11.5 Å². The first-order valence-electron chi connectivity index (χ1n) is 7.15. The van der Waals surface area contributed by atoms with Crippen LogP contribution < -0.4 is 14.9 Å². The van der Waals surface area contributed by atoms with Gasteiger partial charge in [-0.1, -0.05) is 18.2 Å². The van der Waals surface area contributed by atoms with Crippen molar-refractivity contribution in [3.63, 3.8) is 0 Å². The molecule has 128 valence electrons. The zero-order valence-electron chi connectivity index (χ0n) is 13.2. The van der Waals surface area contributed by atoms with Gasteiger partial charge in [0.25, 0.3) is 0 Å². The predicted octanol–water partition coefficient (Wildman–Crippen LogP) is 3.29. The highest BCUT2D eigenvalue weighted by atomic mass is 32.2. The van der Waals surface area contributed by atoms with E-state index in [1.54, 1.807) is 24.3 Å². The highest BCUT2D eigenvalue weighted by Gasteiger charge is 2.15. The second kappa shape index (κ2) is 6.40. The molecule has 1 heterocycles. The fourth-order valence-corrected chi connectivity index (χ4v) is 2.79. The Balaban J connectivity index is 2.21. The molecule has 0 aliphatic carbocycles. The molecule has 0 atom stereocenters. The minimum absolute atomic E-state index is 0.0412. The molecular formula is C17H14N2O5S. The van der Waals surface area contributed by atoms with Crippen molar-refractivity contribution in [3.05, 3.63) is 58.8 Å². The van der Waals surface area contributed by atoms with Crippen LogP contribution in [0.5, 0.6) is 11.5 Å². The first kappa shape index (κ1) is 16.7. The zero-order valence-corrected chi connectivity index (χ0v) is 14.0. The summed E-state index contributed by atoms with van der Waals surface area (Å²) in [7, 11) is -3.57. The standard InChI is InChI=1S/C17H14N2O5S/c1-18-17-10-14(20)12-8-16(23-11-6-4-3-5-7-11)13(9-15(12)24-17)19-25(2,21)22/h3-10,19H,1H2,2H3. The summed E-state index contributed by atoms with van der Waals surface area (Å²) in [6.07, 6.45) is 1.02. The van der Waals surface area contributed by atoms with E-state index in [1.165, 1.54) is 18.2 Å². The van der Waals surface area contributed by atoms with Crippen LogP contribution in [-0.4, -0.2) is 21.4 Å². The van der Waals surface area contributed by atoms with Gasteiger partial charge >= 0.3 is 0 Å². The maximum absolute atomic E-state index is 12.2. The lowest BCUT2D eigenvalue weighted by atomic mass is 10.2. The van der Waals surface area contributed by atoms with Crippen LogP contribution in [0.4, 0.5) is 11.6 Å². The van der Waals surface area contributed by atoms with E-state index < -0.39 is 10.0 Å². The quantitative estimate of drug-likeness (QED) is 0.706. The maximum atomic E-state index is 12.2.